The van der Waals surface area contributed by atoms with Crippen LogP contribution in [0.5, 0.6) is 0 Å². The lowest BCUT2D eigenvalue weighted by molar-refractivity contribution is -0.130. The van der Waals surface area contributed by atoms with Gasteiger partial charge in [-0.1, -0.05) is 44.2 Å². The van der Waals surface area contributed by atoms with E-state index in [1.165, 1.54) is 6.42 Å². The van der Waals surface area contributed by atoms with Gasteiger partial charge >= 0.3 is 0 Å². The zero-order valence-corrected chi connectivity index (χ0v) is 13.8. The highest BCUT2D eigenvalue weighted by molar-refractivity contribution is 5.85. The Morgan fingerprint density at radius 3 is 2.62 bits per heavy atom. The fourth-order valence-corrected chi connectivity index (χ4v) is 3.05. The summed E-state index contributed by atoms with van der Waals surface area (Å²) >= 11 is 0. The van der Waals surface area contributed by atoms with Crippen molar-refractivity contribution in [3.05, 3.63) is 35.9 Å². The van der Waals surface area contributed by atoms with Gasteiger partial charge in [0.1, 0.15) is 0 Å². The van der Waals surface area contributed by atoms with Crippen LogP contribution < -0.4 is 5.73 Å². The largest absolute Gasteiger partial charge is 0.342 e. The number of likely N-dealkylation sites (tertiary alicyclic amines) is 1. The molecule has 1 saturated heterocycles. The topological polar surface area (TPSA) is 46.3 Å². The van der Waals surface area contributed by atoms with E-state index in [0.717, 1.165) is 25.1 Å². The molecule has 1 aliphatic heterocycles. The molecule has 1 aromatic rings. The molecule has 1 amide bonds. The highest BCUT2D eigenvalue weighted by Gasteiger charge is 2.27. The minimum absolute atomic E-state index is 0. The van der Waals surface area contributed by atoms with Crippen LogP contribution in [0.3, 0.4) is 0 Å². The van der Waals surface area contributed by atoms with Crippen molar-refractivity contribution >= 4 is 18.3 Å². The number of nitrogens with two attached hydrogens (primary N) is 1. The molecule has 0 bridgehead atoms. The quantitative estimate of drug-likeness (QED) is 0.906. The molecule has 21 heavy (non-hydrogen) atoms. The summed E-state index contributed by atoms with van der Waals surface area (Å²) in [5.74, 6) is 1.58. The van der Waals surface area contributed by atoms with Gasteiger partial charge in [-0.2, -0.15) is 0 Å². The first-order valence-electron chi connectivity index (χ1n) is 7.64. The maximum atomic E-state index is 12.3. The first-order chi connectivity index (χ1) is 9.56. The van der Waals surface area contributed by atoms with Crippen LogP contribution in [-0.2, 0) is 4.79 Å². The van der Waals surface area contributed by atoms with Gasteiger partial charge in [0.15, 0.2) is 0 Å². The number of carbonyl (C=O) groups is 1. The summed E-state index contributed by atoms with van der Waals surface area (Å²) in [6, 6.07) is 9.69. The molecule has 1 aromatic carbocycles. The Kier molecular flexibility index (Phi) is 7.20. The Morgan fingerprint density at radius 2 is 2.00 bits per heavy atom. The molecule has 0 aliphatic carbocycles. The van der Waals surface area contributed by atoms with E-state index in [2.05, 4.69) is 13.8 Å². The number of amides is 1. The van der Waals surface area contributed by atoms with Crippen LogP contribution >= 0.6 is 12.4 Å². The third-order valence-electron chi connectivity index (χ3n) is 4.07. The Bertz CT molecular complexity index is 436. The summed E-state index contributed by atoms with van der Waals surface area (Å²) in [5, 5.41) is 0. The monoisotopic (exact) mass is 310 g/mol. The smallest absolute Gasteiger partial charge is 0.224 e. The van der Waals surface area contributed by atoms with Crippen molar-refractivity contribution in [1.29, 1.82) is 0 Å². The number of nitrogens with zero attached hydrogens (tertiary/aromatic N) is 1. The molecule has 0 saturated carbocycles. The van der Waals surface area contributed by atoms with Crippen molar-refractivity contribution in [1.82, 2.24) is 4.90 Å². The summed E-state index contributed by atoms with van der Waals surface area (Å²) in [6.07, 6.45) is 2.78. The highest BCUT2D eigenvalue weighted by atomic mass is 35.5. The Hall–Kier alpha value is -1.06. The second kappa shape index (κ2) is 8.40. The van der Waals surface area contributed by atoms with E-state index >= 15 is 0 Å². The van der Waals surface area contributed by atoms with Crippen LogP contribution in [0.15, 0.2) is 30.3 Å². The molecule has 2 N–H and O–H groups in total. The SMILES string of the molecule is CC(C)CC1CCN(C(=O)CC(N)c2ccccc2)C1.Cl. The van der Waals surface area contributed by atoms with Gasteiger partial charge in [-0.3, -0.25) is 4.79 Å². The zero-order valence-electron chi connectivity index (χ0n) is 13.0. The summed E-state index contributed by atoms with van der Waals surface area (Å²) in [7, 11) is 0. The summed E-state index contributed by atoms with van der Waals surface area (Å²) in [5.41, 5.74) is 7.17. The summed E-state index contributed by atoms with van der Waals surface area (Å²) < 4.78 is 0. The Morgan fingerprint density at radius 1 is 1.33 bits per heavy atom. The van der Waals surface area contributed by atoms with Gasteiger partial charge in [0.2, 0.25) is 5.91 Å². The molecule has 2 rings (SSSR count). The molecule has 2 unspecified atom stereocenters. The van der Waals surface area contributed by atoms with Crippen molar-refractivity contribution in [2.45, 2.75) is 39.2 Å². The van der Waals surface area contributed by atoms with Crippen LogP contribution in [-0.4, -0.2) is 23.9 Å². The van der Waals surface area contributed by atoms with Gasteiger partial charge in [0.25, 0.3) is 0 Å². The lowest BCUT2D eigenvalue weighted by Crippen LogP contribution is -2.31. The molecular formula is C17H27ClN2O. The van der Waals surface area contributed by atoms with E-state index in [1.807, 2.05) is 35.2 Å². The van der Waals surface area contributed by atoms with E-state index in [0.29, 0.717) is 18.3 Å². The molecular weight excluding hydrogens is 284 g/mol. The number of carbonyl (C=O) groups excluding carboxylic acids is 1. The Labute approximate surface area is 134 Å². The van der Waals surface area contributed by atoms with Crippen LogP contribution in [0, 0.1) is 11.8 Å². The molecule has 1 heterocycles. The van der Waals surface area contributed by atoms with E-state index < -0.39 is 0 Å². The average molecular weight is 311 g/mol. The number of rotatable bonds is 5. The van der Waals surface area contributed by atoms with Gasteiger partial charge < -0.3 is 10.6 Å². The van der Waals surface area contributed by atoms with Gasteiger partial charge in [-0.05, 0) is 30.2 Å². The molecule has 118 valence electrons. The fraction of sp³-hybridized carbons (Fsp3) is 0.588. The van der Waals surface area contributed by atoms with Gasteiger partial charge in [-0.15, -0.1) is 12.4 Å². The average Bonchev–Trinajstić information content (AvgIpc) is 2.87. The molecule has 2 atom stereocenters. The van der Waals surface area contributed by atoms with Gasteiger partial charge in [0, 0.05) is 25.6 Å². The van der Waals surface area contributed by atoms with E-state index in [1.54, 1.807) is 0 Å². The van der Waals surface area contributed by atoms with Crippen LogP contribution in [0.25, 0.3) is 0 Å². The lowest BCUT2D eigenvalue weighted by atomic mass is 9.97. The lowest BCUT2D eigenvalue weighted by Gasteiger charge is -2.20. The van der Waals surface area contributed by atoms with Crippen molar-refractivity contribution in [3.63, 3.8) is 0 Å². The molecule has 1 fully saturated rings. The third kappa shape index (κ3) is 5.33. The normalized spacial score (nSPS) is 19.4. The van der Waals surface area contributed by atoms with E-state index in [9.17, 15) is 4.79 Å². The molecule has 0 aromatic heterocycles. The fourth-order valence-electron chi connectivity index (χ4n) is 3.05. The van der Waals surface area contributed by atoms with Crippen LogP contribution in [0.2, 0.25) is 0 Å². The first kappa shape index (κ1) is 18.0. The zero-order chi connectivity index (χ0) is 14.5. The summed E-state index contributed by atoms with van der Waals surface area (Å²) in [6.45, 7) is 6.31. The maximum absolute atomic E-state index is 12.3. The minimum atomic E-state index is -0.187. The van der Waals surface area contributed by atoms with E-state index in [-0.39, 0.29) is 24.4 Å². The second-order valence-corrected chi connectivity index (χ2v) is 6.35. The highest BCUT2D eigenvalue weighted by Crippen LogP contribution is 2.25. The minimum Gasteiger partial charge on any atom is -0.342 e. The third-order valence-corrected chi connectivity index (χ3v) is 4.07. The standard InChI is InChI=1S/C17H26N2O.ClH/c1-13(2)10-14-8-9-19(12-14)17(20)11-16(18)15-6-4-3-5-7-15;/h3-7,13-14,16H,8-12,18H2,1-2H3;1H. The van der Waals surface area contributed by atoms with Crippen LogP contribution in [0.1, 0.15) is 44.7 Å². The predicted molar refractivity (Wildman–Crippen MR) is 89.4 cm³/mol. The van der Waals surface area contributed by atoms with Gasteiger partial charge in [-0.25, -0.2) is 0 Å². The number of benzene rings is 1. The first-order valence-corrected chi connectivity index (χ1v) is 7.64. The molecule has 4 heteroatoms. The molecule has 0 radical (unpaired) electrons. The number of hydrogen-bond acceptors (Lipinski definition) is 2. The van der Waals surface area contributed by atoms with Crippen molar-refractivity contribution < 1.29 is 4.79 Å². The van der Waals surface area contributed by atoms with Crippen molar-refractivity contribution in [2.24, 2.45) is 17.6 Å². The predicted octanol–water partition coefficient (Wildman–Crippen LogP) is 3.39. The Balaban J connectivity index is 0.00000220. The maximum Gasteiger partial charge on any atom is 0.224 e. The summed E-state index contributed by atoms with van der Waals surface area (Å²) in [4.78, 5) is 14.3. The van der Waals surface area contributed by atoms with Crippen molar-refractivity contribution in [3.8, 4) is 0 Å². The number of halogens is 1. The molecule has 3 nitrogen and oxygen atoms in total. The number of hydrogen-bond donors (Lipinski definition) is 1. The van der Waals surface area contributed by atoms with Gasteiger partial charge in [0.05, 0.1) is 0 Å². The van der Waals surface area contributed by atoms with Crippen LogP contribution in [0.4, 0.5) is 0 Å². The van der Waals surface area contributed by atoms with Crippen molar-refractivity contribution in [2.75, 3.05) is 13.1 Å². The molecule has 0 spiro atoms. The second-order valence-electron chi connectivity index (χ2n) is 6.35. The molecule has 1 aliphatic rings. The van der Waals surface area contributed by atoms with E-state index in [4.69, 9.17) is 5.73 Å².